The van der Waals surface area contributed by atoms with Crippen LogP contribution in [-0.2, 0) is 7.05 Å². The van der Waals surface area contributed by atoms with Crippen molar-refractivity contribution in [2.75, 3.05) is 0 Å². The quantitative estimate of drug-likeness (QED) is 0.611. The third kappa shape index (κ3) is 0.852. The molecule has 3 nitrogen and oxygen atoms in total. The minimum atomic E-state index is 0.288. The molecule has 0 saturated carbocycles. The highest BCUT2D eigenvalue weighted by Crippen LogP contribution is 2.21. The zero-order chi connectivity index (χ0) is 7.84. The van der Waals surface area contributed by atoms with Crippen LogP contribution in [0.25, 0.3) is 10.9 Å². The van der Waals surface area contributed by atoms with Crippen LogP contribution in [0.3, 0.4) is 0 Å². The van der Waals surface area contributed by atoms with Crippen molar-refractivity contribution in [2.24, 2.45) is 7.05 Å². The van der Waals surface area contributed by atoms with Gasteiger partial charge in [-0.3, -0.25) is 4.68 Å². The van der Waals surface area contributed by atoms with E-state index in [1.165, 1.54) is 0 Å². The number of nitrogens with zero attached hydrogens (tertiary/aromatic N) is 2. The summed E-state index contributed by atoms with van der Waals surface area (Å²) < 4.78 is 1.68. The van der Waals surface area contributed by atoms with Crippen LogP contribution in [0.5, 0.6) is 5.75 Å². The number of hydrogen-bond donors (Lipinski definition) is 1. The molecule has 0 bridgehead atoms. The largest absolute Gasteiger partial charge is 0.507 e. The smallest absolute Gasteiger partial charge is 0.126 e. The van der Waals surface area contributed by atoms with Gasteiger partial charge in [0.25, 0.3) is 0 Å². The lowest BCUT2D eigenvalue weighted by atomic mass is 10.2. The average molecular weight is 148 g/mol. The van der Waals surface area contributed by atoms with Gasteiger partial charge in [-0.1, -0.05) is 6.07 Å². The van der Waals surface area contributed by atoms with Gasteiger partial charge in [0.15, 0.2) is 0 Å². The summed E-state index contributed by atoms with van der Waals surface area (Å²) in [6.45, 7) is 0. The number of aromatic nitrogens is 2. The molecule has 2 aromatic rings. The molecule has 0 saturated heterocycles. The first-order valence-electron chi connectivity index (χ1n) is 3.39. The Balaban J connectivity index is 2.90. The molecular formula is C8H8N2O. The lowest BCUT2D eigenvalue weighted by Gasteiger charge is -1.89. The second kappa shape index (κ2) is 1.99. The van der Waals surface area contributed by atoms with E-state index in [1.54, 1.807) is 23.0 Å². The Morgan fingerprint density at radius 1 is 1.45 bits per heavy atom. The van der Waals surface area contributed by atoms with Crippen LogP contribution >= 0.6 is 0 Å². The predicted molar refractivity (Wildman–Crippen MR) is 42.4 cm³/mol. The van der Waals surface area contributed by atoms with Crippen LogP contribution in [0.4, 0.5) is 0 Å². The standard InChI is InChI=1S/C8H8N2O/c1-10-5-6-7(9-10)3-2-4-8(6)11/h2-5,11H,1H3. The first-order valence-corrected chi connectivity index (χ1v) is 3.39. The van der Waals surface area contributed by atoms with Gasteiger partial charge < -0.3 is 5.11 Å². The van der Waals surface area contributed by atoms with E-state index < -0.39 is 0 Å². The van der Waals surface area contributed by atoms with Crippen LogP contribution in [0.2, 0.25) is 0 Å². The summed E-state index contributed by atoms with van der Waals surface area (Å²) in [6.07, 6.45) is 1.80. The Morgan fingerprint density at radius 2 is 2.27 bits per heavy atom. The van der Waals surface area contributed by atoms with Crippen LogP contribution in [0.15, 0.2) is 24.4 Å². The summed E-state index contributed by atoms with van der Waals surface area (Å²) >= 11 is 0. The second-order valence-corrected chi connectivity index (χ2v) is 2.51. The van der Waals surface area contributed by atoms with Crippen LogP contribution in [-0.4, -0.2) is 14.9 Å². The minimum absolute atomic E-state index is 0.288. The number of aromatic hydroxyl groups is 1. The second-order valence-electron chi connectivity index (χ2n) is 2.51. The van der Waals surface area contributed by atoms with E-state index >= 15 is 0 Å². The molecule has 1 N–H and O–H groups in total. The topological polar surface area (TPSA) is 38.0 Å². The van der Waals surface area contributed by atoms with Crippen LogP contribution in [0, 0.1) is 0 Å². The minimum Gasteiger partial charge on any atom is -0.507 e. The van der Waals surface area contributed by atoms with Gasteiger partial charge in [0.2, 0.25) is 0 Å². The van der Waals surface area contributed by atoms with Crippen molar-refractivity contribution in [1.82, 2.24) is 9.78 Å². The number of rotatable bonds is 0. The molecule has 0 aliphatic rings. The summed E-state index contributed by atoms with van der Waals surface area (Å²) in [7, 11) is 1.83. The Kier molecular flexibility index (Phi) is 1.12. The maximum atomic E-state index is 9.33. The fraction of sp³-hybridized carbons (Fsp3) is 0.125. The molecule has 1 heterocycles. The molecule has 0 spiro atoms. The molecule has 2 rings (SSSR count). The Bertz CT molecular complexity index is 392. The van der Waals surface area contributed by atoms with Gasteiger partial charge in [0, 0.05) is 13.2 Å². The van der Waals surface area contributed by atoms with Gasteiger partial charge in [-0.05, 0) is 12.1 Å². The van der Waals surface area contributed by atoms with Gasteiger partial charge in [-0.25, -0.2) is 0 Å². The lowest BCUT2D eigenvalue weighted by Crippen LogP contribution is -1.84. The highest BCUT2D eigenvalue weighted by atomic mass is 16.3. The third-order valence-corrected chi connectivity index (χ3v) is 1.64. The fourth-order valence-corrected chi connectivity index (χ4v) is 1.15. The summed E-state index contributed by atoms with van der Waals surface area (Å²) in [5.41, 5.74) is 0.826. The van der Waals surface area contributed by atoms with Crippen molar-refractivity contribution in [3.63, 3.8) is 0 Å². The highest BCUT2D eigenvalue weighted by molar-refractivity contribution is 5.84. The van der Waals surface area contributed by atoms with Crippen molar-refractivity contribution >= 4 is 10.9 Å². The van der Waals surface area contributed by atoms with Crippen molar-refractivity contribution in [2.45, 2.75) is 0 Å². The third-order valence-electron chi connectivity index (χ3n) is 1.64. The first-order chi connectivity index (χ1) is 5.27. The SMILES string of the molecule is Cn1cc2c(O)cccc2n1. The number of hydrogen-bond acceptors (Lipinski definition) is 2. The zero-order valence-electron chi connectivity index (χ0n) is 6.15. The van der Waals surface area contributed by atoms with Gasteiger partial charge in [-0.2, -0.15) is 5.10 Å². The summed E-state index contributed by atoms with van der Waals surface area (Å²) in [4.78, 5) is 0. The van der Waals surface area contributed by atoms with Crippen molar-refractivity contribution in [3.8, 4) is 5.75 Å². The van der Waals surface area contributed by atoms with E-state index in [0.717, 1.165) is 10.9 Å². The zero-order valence-corrected chi connectivity index (χ0v) is 6.15. The molecule has 0 radical (unpaired) electrons. The summed E-state index contributed by atoms with van der Waals surface area (Å²) in [5, 5.41) is 14.3. The van der Waals surface area contributed by atoms with E-state index in [1.807, 2.05) is 13.1 Å². The van der Waals surface area contributed by atoms with Gasteiger partial charge in [0.1, 0.15) is 5.75 Å². The molecule has 56 valence electrons. The molecule has 0 aliphatic heterocycles. The number of phenolic OH excluding ortho intramolecular Hbond substituents is 1. The molecule has 0 atom stereocenters. The summed E-state index contributed by atoms with van der Waals surface area (Å²) in [5.74, 6) is 0.288. The molecule has 1 aromatic heterocycles. The van der Waals surface area contributed by atoms with E-state index in [2.05, 4.69) is 5.10 Å². The molecule has 3 heteroatoms. The highest BCUT2D eigenvalue weighted by Gasteiger charge is 2.00. The van der Waals surface area contributed by atoms with Gasteiger partial charge >= 0.3 is 0 Å². The molecule has 0 aliphatic carbocycles. The van der Waals surface area contributed by atoms with Crippen LogP contribution in [0.1, 0.15) is 0 Å². The Labute approximate surface area is 63.9 Å². The van der Waals surface area contributed by atoms with Crippen LogP contribution < -0.4 is 0 Å². The number of fused-ring (bicyclic) bond motifs is 1. The van der Waals surface area contributed by atoms with Gasteiger partial charge in [0.05, 0.1) is 10.9 Å². The molecular weight excluding hydrogens is 140 g/mol. The molecule has 0 amide bonds. The molecule has 0 fully saturated rings. The number of benzene rings is 1. The van der Waals surface area contributed by atoms with Gasteiger partial charge in [-0.15, -0.1) is 0 Å². The number of phenols is 1. The lowest BCUT2D eigenvalue weighted by molar-refractivity contribution is 0.481. The van der Waals surface area contributed by atoms with E-state index in [9.17, 15) is 5.11 Å². The fourth-order valence-electron chi connectivity index (χ4n) is 1.15. The average Bonchev–Trinajstić information content (AvgIpc) is 2.31. The maximum absolute atomic E-state index is 9.33. The molecule has 1 aromatic carbocycles. The first kappa shape index (κ1) is 6.22. The van der Waals surface area contributed by atoms with Crippen molar-refractivity contribution in [3.05, 3.63) is 24.4 Å². The summed E-state index contributed by atoms with van der Waals surface area (Å²) in [6, 6.07) is 5.31. The van der Waals surface area contributed by atoms with Crippen molar-refractivity contribution < 1.29 is 5.11 Å². The van der Waals surface area contributed by atoms with E-state index in [-0.39, 0.29) is 5.75 Å². The molecule has 0 unspecified atom stereocenters. The van der Waals surface area contributed by atoms with E-state index in [4.69, 9.17) is 0 Å². The Hall–Kier alpha value is -1.51. The van der Waals surface area contributed by atoms with E-state index in [0.29, 0.717) is 0 Å². The molecule has 11 heavy (non-hydrogen) atoms. The maximum Gasteiger partial charge on any atom is 0.126 e. The monoisotopic (exact) mass is 148 g/mol. The Morgan fingerprint density at radius 3 is 3.00 bits per heavy atom. The van der Waals surface area contributed by atoms with Crippen molar-refractivity contribution in [1.29, 1.82) is 0 Å². The number of aryl methyl sites for hydroxylation is 1. The predicted octanol–water partition coefficient (Wildman–Crippen LogP) is 1.28. The normalized spacial score (nSPS) is 10.6.